The van der Waals surface area contributed by atoms with E-state index in [0.29, 0.717) is 13.2 Å². The van der Waals surface area contributed by atoms with Crippen LogP contribution in [-0.2, 0) is 4.74 Å². The maximum Gasteiger partial charge on any atom is 0.407 e. The summed E-state index contributed by atoms with van der Waals surface area (Å²) in [6, 6.07) is 7.56. The molecule has 0 bridgehead atoms. The predicted molar refractivity (Wildman–Crippen MR) is 54.8 cm³/mol. The number of alkyl carbamates (subject to hydrolysis) is 1. The quantitative estimate of drug-likeness (QED) is 0.823. The van der Waals surface area contributed by atoms with Gasteiger partial charge in [0.1, 0.15) is 12.4 Å². The highest BCUT2D eigenvalue weighted by Crippen LogP contribution is 2.27. The molecule has 1 fully saturated rings. The van der Waals surface area contributed by atoms with Crippen molar-refractivity contribution in [2.24, 2.45) is 0 Å². The van der Waals surface area contributed by atoms with Crippen LogP contribution < -0.4 is 10.1 Å². The Hall–Kier alpha value is -1.71. The Morgan fingerprint density at radius 3 is 3.00 bits per heavy atom. The summed E-state index contributed by atoms with van der Waals surface area (Å²) >= 11 is 0. The molecule has 1 aromatic rings. The van der Waals surface area contributed by atoms with Gasteiger partial charge >= 0.3 is 6.09 Å². The summed E-state index contributed by atoms with van der Waals surface area (Å²) in [5, 5.41) is 2.73. The number of carbonyl (C=O) groups is 1. The van der Waals surface area contributed by atoms with Crippen LogP contribution in [0.2, 0.25) is 0 Å². The van der Waals surface area contributed by atoms with Gasteiger partial charge in [0, 0.05) is 5.56 Å². The highest BCUT2D eigenvalue weighted by molar-refractivity contribution is 5.70. The highest BCUT2D eigenvalue weighted by atomic mass is 16.6. The van der Waals surface area contributed by atoms with Gasteiger partial charge in [-0.05, 0) is 13.0 Å². The second-order valence-electron chi connectivity index (χ2n) is 3.27. The molecule has 0 spiro atoms. The molecule has 15 heavy (non-hydrogen) atoms. The third kappa shape index (κ3) is 2.03. The lowest BCUT2D eigenvalue weighted by atomic mass is 10.1. The zero-order valence-electron chi connectivity index (χ0n) is 8.53. The monoisotopic (exact) mass is 207 g/mol. The van der Waals surface area contributed by atoms with Crippen molar-refractivity contribution in [2.45, 2.75) is 13.0 Å². The average Bonchev–Trinajstić information content (AvgIpc) is 2.66. The number of benzene rings is 1. The second kappa shape index (κ2) is 4.21. The van der Waals surface area contributed by atoms with Crippen molar-refractivity contribution in [1.29, 1.82) is 0 Å². The van der Waals surface area contributed by atoms with E-state index in [4.69, 9.17) is 9.47 Å². The number of hydrogen-bond acceptors (Lipinski definition) is 3. The van der Waals surface area contributed by atoms with Gasteiger partial charge in [-0.15, -0.1) is 0 Å². The molecule has 80 valence electrons. The maximum absolute atomic E-state index is 10.9. The minimum atomic E-state index is -0.369. The highest BCUT2D eigenvalue weighted by Gasteiger charge is 2.25. The van der Waals surface area contributed by atoms with Crippen molar-refractivity contribution >= 4 is 6.09 Å². The SMILES string of the molecule is CCOc1ccccc1[C@H]1COC(=O)N1. The number of ether oxygens (including phenoxy) is 2. The summed E-state index contributed by atoms with van der Waals surface area (Å²) in [5.74, 6) is 0.802. The van der Waals surface area contributed by atoms with Gasteiger partial charge in [0.2, 0.25) is 0 Å². The van der Waals surface area contributed by atoms with Crippen molar-refractivity contribution in [2.75, 3.05) is 13.2 Å². The number of carbonyl (C=O) groups excluding carboxylic acids is 1. The first kappa shape index (κ1) is 9.83. The summed E-state index contributed by atoms with van der Waals surface area (Å²) < 4.78 is 10.3. The summed E-state index contributed by atoms with van der Waals surface area (Å²) in [4.78, 5) is 10.9. The van der Waals surface area contributed by atoms with E-state index in [-0.39, 0.29) is 12.1 Å². The Bertz CT molecular complexity index is 365. The average molecular weight is 207 g/mol. The van der Waals surface area contributed by atoms with E-state index >= 15 is 0 Å². The lowest BCUT2D eigenvalue weighted by molar-refractivity contribution is 0.176. The number of nitrogens with one attached hydrogen (secondary N) is 1. The molecule has 0 radical (unpaired) electrons. The van der Waals surface area contributed by atoms with Crippen molar-refractivity contribution in [3.8, 4) is 5.75 Å². The van der Waals surface area contributed by atoms with Crippen LogP contribution in [0.25, 0.3) is 0 Å². The summed E-state index contributed by atoms with van der Waals surface area (Å²) in [7, 11) is 0. The van der Waals surface area contributed by atoms with Crippen LogP contribution >= 0.6 is 0 Å². The first-order chi connectivity index (χ1) is 7.31. The van der Waals surface area contributed by atoms with Crippen molar-refractivity contribution < 1.29 is 14.3 Å². The van der Waals surface area contributed by atoms with Gasteiger partial charge in [0.15, 0.2) is 0 Å². The first-order valence-electron chi connectivity index (χ1n) is 4.96. The molecule has 1 heterocycles. The normalized spacial score (nSPS) is 19.5. The van der Waals surface area contributed by atoms with E-state index in [2.05, 4.69) is 5.32 Å². The second-order valence-corrected chi connectivity index (χ2v) is 3.27. The Kier molecular flexibility index (Phi) is 2.76. The molecule has 1 amide bonds. The Balaban J connectivity index is 2.22. The molecule has 1 aliphatic rings. The van der Waals surface area contributed by atoms with Crippen molar-refractivity contribution in [3.63, 3.8) is 0 Å². The van der Waals surface area contributed by atoms with Crippen LogP contribution in [0.3, 0.4) is 0 Å². The fourth-order valence-electron chi connectivity index (χ4n) is 1.61. The molecule has 1 atom stereocenters. The zero-order valence-corrected chi connectivity index (χ0v) is 8.53. The minimum absolute atomic E-state index is 0.0970. The maximum atomic E-state index is 10.9. The van der Waals surface area contributed by atoms with Crippen LogP contribution in [0.5, 0.6) is 5.75 Å². The number of amides is 1. The van der Waals surface area contributed by atoms with Gasteiger partial charge in [-0.2, -0.15) is 0 Å². The summed E-state index contributed by atoms with van der Waals surface area (Å²) in [5.41, 5.74) is 0.963. The van der Waals surface area contributed by atoms with Gasteiger partial charge in [0.25, 0.3) is 0 Å². The van der Waals surface area contributed by atoms with Gasteiger partial charge in [-0.1, -0.05) is 18.2 Å². The van der Waals surface area contributed by atoms with Crippen LogP contribution in [0.4, 0.5) is 4.79 Å². The van der Waals surface area contributed by atoms with Crippen LogP contribution in [-0.4, -0.2) is 19.3 Å². The van der Waals surface area contributed by atoms with Gasteiger partial charge in [-0.25, -0.2) is 4.79 Å². The molecule has 4 heteroatoms. The number of cyclic esters (lactones) is 1. The fraction of sp³-hybridized carbons (Fsp3) is 0.364. The number of rotatable bonds is 3. The van der Waals surface area contributed by atoms with Gasteiger partial charge in [0.05, 0.1) is 12.6 Å². The molecule has 0 aromatic heterocycles. The summed E-state index contributed by atoms with van der Waals surface area (Å²) in [6.45, 7) is 2.90. The summed E-state index contributed by atoms with van der Waals surface area (Å²) in [6.07, 6.45) is -0.369. The lowest BCUT2D eigenvalue weighted by Crippen LogP contribution is -2.19. The van der Waals surface area contributed by atoms with E-state index in [0.717, 1.165) is 11.3 Å². The van der Waals surface area contributed by atoms with E-state index < -0.39 is 0 Å². The Morgan fingerprint density at radius 1 is 1.53 bits per heavy atom. The molecule has 1 N–H and O–H groups in total. The third-order valence-electron chi connectivity index (χ3n) is 2.27. The molecule has 1 saturated heterocycles. The van der Waals surface area contributed by atoms with Crippen LogP contribution in [0, 0.1) is 0 Å². The molecular weight excluding hydrogens is 194 g/mol. The molecular formula is C11H13NO3. The molecule has 2 rings (SSSR count). The van der Waals surface area contributed by atoms with Crippen molar-refractivity contribution in [1.82, 2.24) is 5.32 Å². The van der Waals surface area contributed by atoms with Gasteiger partial charge < -0.3 is 14.8 Å². The van der Waals surface area contributed by atoms with Crippen molar-refractivity contribution in [3.05, 3.63) is 29.8 Å². The standard InChI is InChI=1S/C11H13NO3/c1-2-14-10-6-4-3-5-8(10)9-7-15-11(13)12-9/h3-6,9H,2,7H2,1H3,(H,12,13)/t9-/m1/s1. The molecule has 0 saturated carbocycles. The van der Waals surface area contributed by atoms with Crippen LogP contribution in [0.15, 0.2) is 24.3 Å². The smallest absolute Gasteiger partial charge is 0.407 e. The third-order valence-corrected chi connectivity index (χ3v) is 2.27. The van der Waals surface area contributed by atoms with Crippen LogP contribution in [0.1, 0.15) is 18.5 Å². The lowest BCUT2D eigenvalue weighted by Gasteiger charge is -2.13. The molecule has 1 aromatic carbocycles. The predicted octanol–water partition coefficient (Wildman–Crippen LogP) is 1.87. The number of para-hydroxylation sites is 1. The van der Waals surface area contributed by atoms with E-state index in [1.165, 1.54) is 0 Å². The molecule has 1 aliphatic heterocycles. The minimum Gasteiger partial charge on any atom is -0.494 e. The van der Waals surface area contributed by atoms with E-state index in [1.54, 1.807) is 0 Å². The first-order valence-corrected chi connectivity index (χ1v) is 4.96. The topological polar surface area (TPSA) is 47.6 Å². The van der Waals surface area contributed by atoms with Gasteiger partial charge in [-0.3, -0.25) is 0 Å². The Labute approximate surface area is 88.2 Å². The number of hydrogen-bond donors (Lipinski definition) is 1. The van der Waals surface area contributed by atoms with E-state index in [9.17, 15) is 4.79 Å². The van der Waals surface area contributed by atoms with E-state index in [1.807, 2.05) is 31.2 Å². The largest absolute Gasteiger partial charge is 0.494 e. The molecule has 4 nitrogen and oxygen atoms in total. The Morgan fingerprint density at radius 2 is 2.33 bits per heavy atom. The fourth-order valence-corrected chi connectivity index (χ4v) is 1.61. The zero-order chi connectivity index (χ0) is 10.7. The molecule has 0 aliphatic carbocycles. The molecule has 0 unspecified atom stereocenters.